The second-order valence-electron chi connectivity index (χ2n) is 7.73. The molecule has 1 unspecified atom stereocenters. The first-order valence-electron chi connectivity index (χ1n) is 9.90. The van der Waals surface area contributed by atoms with Crippen LogP contribution < -0.4 is 11.2 Å². The average molecular weight is 398 g/mol. The lowest BCUT2D eigenvalue weighted by atomic mass is 9.72. The van der Waals surface area contributed by atoms with Crippen LogP contribution in [0.4, 0.5) is 0 Å². The number of nitrogens with zero attached hydrogens (tertiary/aromatic N) is 1. The molecule has 0 spiro atoms. The third-order valence-electron chi connectivity index (χ3n) is 6.05. The highest BCUT2D eigenvalue weighted by Gasteiger charge is 2.29. The summed E-state index contributed by atoms with van der Waals surface area (Å²) in [5.41, 5.74) is 1.19. The van der Waals surface area contributed by atoms with Gasteiger partial charge in [-0.05, 0) is 62.0 Å². The lowest BCUT2D eigenvalue weighted by molar-refractivity contribution is 0.262. The molecule has 1 fully saturated rings. The van der Waals surface area contributed by atoms with E-state index < -0.39 is 5.69 Å². The summed E-state index contributed by atoms with van der Waals surface area (Å²) in [6, 6.07) is 3.53. The quantitative estimate of drug-likeness (QED) is 0.814. The van der Waals surface area contributed by atoms with Crippen molar-refractivity contribution in [1.29, 1.82) is 0 Å². The number of nitrogens with one attached hydrogen (secondary N) is 2. The van der Waals surface area contributed by atoms with E-state index in [1.165, 1.54) is 0 Å². The largest absolute Gasteiger partial charge is 0.325 e. The molecule has 146 valence electrons. The zero-order valence-electron chi connectivity index (χ0n) is 15.7. The first kappa shape index (κ1) is 18.9. The summed E-state index contributed by atoms with van der Waals surface area (Å²) in [6.07, 6.45) is 16.0. The highest BCUT2D eigenvalue weighted by atomic mass is 35.5. The minimum Gasteiger partial charge on any atom is -0.311 e. The number of aromatic nitrogens is 3. The van der Waals surface area contributed by atoms with E-state index in [2.05, 4.69) is 39.3 Å². The van der Waals surface area contributed by atoms with Crippen LogP contribution >= 0.6 is 11.6 Å². The van der Waals surface area contributed by atoms with Gasteiger partial charge in [0.1, 0.15) is 0 Å². The van der Waals surface area contributed by atoms with Crippen LogP contribution in [0.1, 0.15) is 55.0 Å². The van der Waals surface area contributed by atoms with Crippen molar-refractivity contribution in [1.82, 2.24) is 15.0 Å². The highest BCUT2D eigenvalue weighted by molar-refractivity contribution is 6.31. The highest BCUT2D eigenvalue weighted by Crippen LogP contribution is 2.40. The Morgan fingerprint density at radius 3 is 2.64 bits per heavy atom. The zero-order chi connectivity index (χ0) is 19.5. The second-order valence-corrected chi connectivity index (χ2v) is 8.14. The molecule has 1 saturated carbocycles. The summed E-state index contributed by atoms with van der Waals surface area (Å²) < 4.78 is 0. The molecular weight excluding hydrogens is 374 g/mol. The Hall–Kier alpha value is -2.40. The number of hydrogen-bond donors (Lipinski definition) is 2. The molecule has 0 radical (unpaired) electrons. The van der Waals surface area contributed by atoms with Crippen LogP contribution in [0, 0.1) is 11.8 Å². The third-order valence-corrected chi connectivity index (χ3v) is 6.40. The Balaban J connectivity index is 1.57. The summed E-state index contributed by atoms with van der Waals surface area (Å²) in [4.78, 5) is 34.1. The van der Waals surface area contributed by atoms with Crippen molar-refractivity contribution in [3.63, 3.8) is 0 Å². The molecule has 2 aromatic heterocycles. The van der Waals surface area contributed by atoms with E-state index in [4.69, 9.17) is 11.6 Å². The SMILES string of the molecule is O=c1[nH]c(C2CCC(C3C=CC=CC3)CC2)c(Cc2ncccc2Cl)c(=O)[nH]1. The summed E-state index contributed by atoms with van der Waals surface area (Å²) in [5, 5.41) is 0.528. The van der Waals surface area contributed by atoms with Crippen molar-refractivity contribution in [3.05, 3.63) is 85.4 Å². The molecule has 2 N–H and O–H groups in total. The molecule has 28 heavy (non-hydrogen) atoms. The van der Waals surface area contributed by atoms with Crippen LogP contribution in [0.5, 0.6) is 0 Å². The van der Waals surface area contributed by atoms with E-state index in [1.807, 2.05) is 0 Å². The maximum absolute atomic E-state index is 12.6. The maximum Gasteiger partial charge on any atom is 0.325 e. The Morgan fingerprint density at radius 2 is 1.93 bits per heavy atom. The molecule has 2 aliphatic carbocycles. The van der Waals surface area contributed by atoms with Crippen molar-refractivity contribution in [2.75, 3.05) is 0 Å². The van der Waals surface area contributed by atoms with Gasteiger partial charge in [0, 0.05) is 23.9 Å². The molecule has 0 aliphatic heterocycles. The van der Waals surface area contributed by atoms with E-state index in [1.54, 1.807) is 18.3 Å². The fraction of sp³-hybridized carbons (Fsp3) is 0.409. The van der Waals surface area contributed by atoms with Gasteiger partial charge in [-0.15, -0.1) is 0 Å². The standard InChI is InChI=1S/C22H24ClN3O2/c23-18-7-4-12-24-19(18)13-17-20(25-22(28)26-21(17)27)16-10-8-15(9-11-16)14-5-2-1-3-6-14/h1-5,7,12,14-16H,6,8-11,13H2,(H2,25,26,27,28). The van der Waals surface area contributed by atoms with Crippen molar-refractivity contribution in [2.24, 2.45) is 11.8 Å². The lowest BCUT2D eigenvalue weighted by Crippen LogP contribution is -2.31. The van der Waals surface area contributed by atoms with Gasteiger partial charge >= 0.3 is 5.69 Å². The maximum atomic E-state index is 12.6. The van der Waals surface area contributed by atoms with Crippen molar-refractivity contribution in [2.45, 2.75) is 44.4 Å². The first-order valence-corrected chi connectivity index (χ1v) is 10.3. The number of H-pyrrole nitrogens is 2. The number of rotatable bonds is 4. The van der Waals surface area contributed by atoms with Gasteiger partial charge in [0.2, 0.25) is 0 Å². The van der Waals surface area contributed by atoms with Crippen LogP contribution in [-0.4, -0.2) is 15.0 Å². The number of hydrogen-bond acceptors (Lipinski definition) is 3. The number of allylic oxidation sites excluding steroid dienone is 4. The summed E-state index contributed by atoms with van der Waals surface area (Å²) in [5.74, 6) is 1.46. The molecule has 5 nitrogen and oxygen atoms in total. The van der Waals surface area contributed by atoms with Gasteiger partial charge in [-0.1, -0.05) is 35.9 Å². The van der Waals surface area contributed by atoms with E-state index in [0.717, 1.165) is 37.8 Å². The Morgan fingerprint density at radius 1 is 1.11 bits per heavy atom. The van der Waals surface area contributed by atoms with E-state index in [-0.39, 0.29) is 11.5 Å². The van der Waals surface area contributed by atoms with Crippen LogP contribution in [0.25, 0.3) is 0 Å². The van der Waals surface area contributed by atoms with Gasteiger partial charge < -0.3 is 4.98 Å². The van der Waals surface area contributed by atoms with Gasteiger partial charge in [-0.3, -0.25) is 14.8 Å². The van der Waals surface area contributed by atoms with Crippen LogP contribution in [0.3, 0.4) is 0 Å². The molecule has 0 aromatic carbocycles. The Bertz CT molecular complexity index is 1010. The summed E-state index contributed by atoms with van der Waals surface area (Å²) in [6.45, 7) is 0. The van der Waals surface area contributed by atoms with Gasteiger partial charge in [0.25, 0.3) is 5.56 Å². The third kappa shape index (κ3) is 4.04. The normalized spacial score (nSPS) is 24.4. The van der Waals surface area contributed by atoms with Crippen LogP contribution in [0.15, 0.2) is 52.2 Å². The predicted octanol–water partition coefficient (Wildman–Crippen LogP) is 4.11. The molecule has 2 heterocycles. The second kappa shape index (κ2) is 8.31. The molecule has 2 aliphatic rings. The molecule has 2 aromatic rings. The summed E-state index contributed by atoms with van der Waals surface area (Å²) >= 11 is 6.24. The summed E-state index contributed by atoms with van der Waals surface area (Å²) in [7, 11) is 0. The Kier molecular flexibility index (Phi) is 5.62. The lowest BCUT2D eigenvalue weighted by Gasteiger charge is -2.33. The molecular formula is C22H24ClN3O2. The Labute approximate surface area is 168 Å². The number of halogens is 1. The fourth-order valence-corrected chi connectivity index (χ4v) is 4.74. The number of pyridine rings is 1. The van der Waals surface area contributed by atoms with E-state index >= 15 is 0 Å². The van der Waals surface area contributed by atoms with E-state index in [9.17, 15) is 9.59 Å². The molecule has 6 heteroatoms. The van der Waals surface area contributed by atoms with Crippen LogP contribution in [-0.2, 0) is 6.42 Å². The van der Waals surface area contributed by atoms with Crippen LogP contribution in [0.2, 0.25) is 5.02 Å². The zero-order valence-corrected chi connectivity index (χ0v) is 16.4. The smallest absolute Gasteiger partial charge is 0.311 e. The van der Waals surface area contributed by atoms with Gasteiger partial charge in [0.15, 0.2) is 0 Å². The topological polar surface area (TPSA) is 78.6 Å². The molecule has 0 bridgehead atoms. The molecule has 1 atom stereocenters. The number of aromatic amines is 2. The van der Waals surface area contributed by atoms with Gasteiger partial charge in [-0.25, -0.2) is 4.79 Å². The predicted molar refractivity (Wildman–Crippen MR) is 111 cm³/mol. The molecule has 0 saturated heterocycles. The van der Waals surface area contributed by atoms with E-state index in [0.29, 0.717) is 34.5 Å². The van der Waals surface area contributed by atoms with Crippen molar-refractivity contribution in [3.8, 4) is 0 Å². The fourth-order valence-electron chi connectivity index (χ4n) is 4.56. The minimum atomic E-state index is -0.446. The molecule has 4 rings (SSSR count). The first-order chi connectivity index (χ1) is 13.6. The van der Waals surface area contributed by atoms with Crippen molar-refractivity contribution < 1.29 is 0 Å². The van der Waals surface area contributed by atoms with Gasteiger partial charge in [-0.2, -0.15) is 0 Å². The van der Waals surface area contributed by atoms with Gasteiger partial charge in [0.05, 0.1) is 10.7 Å². The minimum absolute atomic E-state index is 0.187. The monoisotopic (exact) mass is 397 g/mol. The van der Waals surface area contributed by atoms with Crippen molar-refractivity contribution >= 4 is 11.6 Å². The average Bonchev–Trinajstić information content (AvgIpc) is 2.72. The molecule has 0 amide bonds.